The highest BCUT2D eigenvalue weighted by Crippen LogP contribution is 2.31. The summed E-state index contributed by atoms with van der Waals surface area (Å²) in [7, 11) is 0. The van der Waals surface area contributed by atoms with Gasteiger partial charge in [-0.15, -0.1) is 0 Å². The van der Waals surface area contributed by atoms with Crippen molar-refractivity contribution >= 4 is 17.0 Å². The molecule has 8 nitrogen and oxygen atoms in total. The lowest BCUT2D eigenvalue weighted by molar-refractivity contribution is -0.0432. The second-order valence-electron chi connectivity index (χ2n) is 5.44. The zero-order valence-corrected chi connectivity index (χ0v) is 12.5. The summed E-state index contributed by atoms with van der Waals surface area (Å²) in [6.07, 6.45) is 4.07. The van der Waals surface area contributed by atoms with E-state index < -0.39 is 12.2 Å². The third-order valence-electron chi connectivity index (χ3n) is 3.88. The van der Waals surface area contributed by atoms with Crippen LogP contribution in [0.2, 0.25) is 0 Å². The number of ether oxygens (including phenoxy) is 1. The third kappa shape index (κ3) is 2.77. The number of rotatable bonds is 6. The van der Waals surface area contributed by atoms with Crippen molar-refractivity contribution in [3.8, 4) is 0 Å². The summed E-state index contributed by atoms with van der Waals surface area (Å²) in [6.45, 7) is 2.76. The monoisotopic (exact) mass is 307 g/mol. The Morgan fingerprint density at radius 2 is 2.27 bits per heavy atom. The van der Waals surface area contributed by atoms with E-state index >= 15 is 0 Å². The highest BCUT2D eigenvalue weighted by atomic mass is 16.5. The molecule has 1 aliphatic heterocycles. The first-order chi connectivity index (χ1) is 10.7. The molecule has 1 fully saturated rings. The van der Waals surface area contributed by atoms with Gasteiger partial charge in [-0.1, -0.05) is 13.3 Å². The standard InChI is InChI=1S/C14H21N5O3/c1-2-3-4-15-13-12-14(17-7-16-13)19(8-18-12)11-5-9(21)10(6-20)22-11/h7-11,20-21H,2-6H2,1H3,(H,15,16,17)/t9-,10+,11+/m0/s1. The number of aliphatic hydroxyl groups is 2. The average Bonchev–Trinajstić information content (AvgIpc) is 3.11. The largest absolute Gasteiger partial charge is 0.394 e. The van der Waals surface area contributed by atoms with Crippen LogP contribution in [-0.2, 0) is 4.74 Å². The second-order valence-corrected chi connectivity index (χ2v) is 5.44. The van der Waals surface area contributed by atoms with Gasteiger partial charge in [0.2, 0.25) is 0 Å². The molecule has 1 saturated heterocycles. The maximum absolute atomic E-state index is 9.86. The van der Waals surface area contributed by atoms with Crippen LogP contribution in [0.15, 0.2) is 12.7 Å². The molecule has 22 heavy (non-hydrogen) atoms. The molecule has 3 atom stereocenters. The lowest BCUT2D eigenvalue weighted by Gasteiger charge is -2.13. The zero-order chi connectivity index (χ0) is 15.5. The smallest absolute Gasteiger partial charge is 0.167 e. The summed E-state index contributed by atoms with van der Waals surface area (Å²) < 4.78 is 7.43. The van der Waals surface area contributed by atoms with Gasteiger partial charge in [-0.2, -0.15) is 0 Å². The van der Waals surface area contributed by atoms with Crippen LogP contribution < -0.4 is 5.32 Å². The van der Waals surface area contributed by atoms with E-state index in [2.05, 4.69) is 27.2 Å². The third-order valence-corrected chi connectivity index (χ3v) is 3.88. The number of hydrogen-bond donors (Lipinski definition) is 3. The van der Waals surface area contributed by atoms with E-state index in [1.165, 1.54) is 6.33 Å². The van der Waals surface area contributed by atoms with Gasteiger partial charge in [0, 0.05) is 13.0 Å². The molecule has 0 aromatic carbocycles. The van der Waals surface area contributed by atoms with Gasteiger partial charge < -0.3 is 20.3 Å². The Morgan fingerprint density at radius 3 is 3.00 bits per heavy atom. The van der Waals surface area contributed by atoms with Crippen molar-refractivity contribution in [1.82, 2.24) is 19.5 Å². The quantitative estimate of drug-likeness (QED) is 0.674. The van der Waals surface area contributed by atoms with Crippen molar-refractivity contribution in [2.75, 3.05) is 18.5 Å². The number of imidazole rings is 1. The molecule has 3 N–H and O–H groups in total. The van der Waals surface area contributed by atoms with Crippen molar-refractivity contribution in [2.24, 2.45) is 0 Å². The van der Waals surface area contributed by atoms with Crippen LogP contribution >= 0.6 is 0 Å². The second kappa shape index (κ2) is 6.55. The van der Waals surface area contributed by atoms with Crippen molar-refractivity contribution in [3.05, 3.63) is 12.7 Å². The SMILES string of the molecule is CCCCNc1ncnc2c1ncn2[C@H]1C[C@H](O)[C@@H](CO)O1. The van der Waals surface area contributed by atoms with E-state index in [-0.39, 0.29) is 12.8 Å². The average molecular weight is 307 g/mol. The summed E-state index contributed by atoms with van der Waals surface area (Å²) in [4.78, 5) is 12.9. The Labute approximate surface area is 128 Å². The number of aromatic nitrogens is 4. The number of unbranched alkanes of at least 4 members (excludes halogenated alkanes) is 1. The highest BCUT2D eigenvalue weighted by molar-refractivity contribution is 5.82. The first kappa shape index (κ1) is 15.1. The van der Waals surface area contributed by atoms with Crippen molar-refractivity contribution < 1.29 is 14.9 Å². The lowest BCUT2D eigenvalue weighted by atomic mass is 10.2. The van der Waals surface area contributed by atoms with Crippen LogP contribution in [0.1, 0.15) is 32.4 Å². The van der Waals surface area contributed by atoms with Crippen molar-refractivity contribution in [2.45, 2.75) is 44.6 Å². The van der Waals surface area contributed by atoms with E-state index in [0.29, 0.717) is 23.4 Å². The molecule has 0 saturated carbocycles. The molecule has 0 radical (unpaired) electrons. The van der Waals surface area contributed by atoms with E-state index in [0.717, 1.165) is 19.4 Å². The van der Waals surface area contributed by atoms with Crippen molar-refractivity contribution in [3.63, 3.8) is 0 Å². The summed E-state index contributed by atoms with van der Waals surface area (Å²) in [6, 6.07) is 0. The van der Waals surface area contributed by atoms with E-state index in [9.17, 15) is 10.2 Å². The van der Waals surface area contributed by atoms with Gasteiger partial charge in [0.25, 0.3) is 0 Å². The normalized spacial score (nSPS) is 25.0. The maximum Gasteiger partial charge on any atom is 0.167 e. The molecule has 2 aromatic rings. The van der Waals surface area contributed by atoms with E-state index in [1.807, 2.05) is 0 Å². The Morgan fingerprint density at radius 1 is 1.41 bits per heavy atom. The molecule has 0 bridgehead atoms. The molecule has 2 aromatic heterocycles. The van der Waals surface area contributed by atoms with Gasteiger partial charge in [-0.05, 0) is 6.42 Å². The van der Waals surface area contributed by atoms with Crippen LogP contribution in [0, 0.1) is 0 Å². The van der Waals surface area contributed by atoms with Crippen molar-refractivity contribution in [1.29, 1.82) is 0 Å². The molecule has 3 rings (SSSR count). The van der Waals surface area contributed by atoms with Crippen LogP contribution in [0.4, 0.5) is 5.82 Å². The number of anilines is 1. The van der Waals surface area contributed by atoms with Gasteiger partial charge in [0.1, 0.15) is 18.7 Å². The maximum atomic E-state index is 9.86. The molecule has 0 amide bonds. The summed E-state index contributed by atoms with van der Waals surface area (Å²) in [5, 5.41) is 22.3. The van der Waals surface area contributed by atoms with Crippen LogP contribution in [0.5, 0.6) is 0 Å². The zero-order valence-electron chi connectivity index (χ0n) is 12.5. The fourth-order valence-electron chi connectivity index (χ4n) is 2.63. The molecule has 0 unspecified atom stereocenters. The van der Waals surface area contributed by atoms with Crippen LogP contribution in [0.25, 0.3) is 11.2 Å². The number of aliphatic hydroxyl groups excluding tert-OH is 2. The first-order valence-electron chi connectivity index (χ1n) is 7.60. The predicted octanol–water partition coefficient (Wildman–Crippen LogP) is 0.679. The van der Waals surface area contributed by atoms with Gasteiger partial charge in [-0.3, -0.25) is 4.57 Å². The summed E-state index contributed by atoms with van der Waals surface area (Å²) in [5.41, 5.74) is 1.34. The topological polar surface area (TPSA) is 105 Å². The summed E-state index contributed by atoms with van der Waals surface area (Å²) >= 11 is 0. The molecule has 3 heterocycles. The highest BCUT2D eigenvalue weighted by Gasteiger charge is 2.35. The van der Waals surface area contributed by atoms with E-state index in [4.69, 9.17) is 4.74 Å². The Hall–Kier alpha value is -1.77. The summed E-state index contributed by atoms with van der Waals surface area (Å²) in [5.74, 6) is 0.703. The minimum absolute atomic E-state index is 0.205. The number of hydrogen-bond acceptors (Lipinski definition) is 7. The Bertz CT molecular complexity index is 632. The van der Waals surface area contributed by atoms with Gasteiger partial charge >= 0.3 is 0 Å². The van der Waals surface area contributed by atoms with E-state index in [1.54, 1.807) is 10.9 Å². The fraction of sp³-hybridized carbons (Fsp3) is 0.643. The molecular weight excluding hydrogens is 286 g/mol. The molecule has 1 aliphatic rings. The first-order valence-corrected chi connectivity index (χ1v) is 7.60. The number of nitrogens with zero attached hydrogens (tertiary/aromatic N) is 4. The Balaban J connectivity index is 1.85. The van der Waals surface area contributed by atoms with Crippen LogP contribution in [-0.4, -0.2) is 55.1 Å². The number of nitrogens with one attached hydrogen (secondary N) is 1. The van der Waals surface area contributed by atoms with Gasteiger partial charge in [0.05, 0.1) is 19.0 Å². The van der Waals surface area contributed by atoms with Gasteiger partial charge in [0.15, 0.2) is 17.0 Å². The molecule has 0 aliphatic carbocycles. The fourth-order valence-corrected chi connectivity index (χ4v) is 2.63. The number of fused-ring (bicyclic) bond motifs is 1. The van der Waals surface area contributed by atoms with Gasteiger partial charge in [-0.25, -0.2) is 15.0 Å². The Kier molecular flexibility index (Phi) is 4.51. The minimum atomic E-state index is -0.684. The molecule has 8 heteroatoms. The minimum Gasteiger partial charge on any atom is -0.394 e. The molecular formula is C14H21N5O3. The van der Waals surface area contributed by atoms with Crippen LogP contribution in [0.3, 0.4) is 0 Å². The molecule has 0 spiro atoms. The lowest BCUT2D eigenvalue weighted by Crippen LogP contribution is -2.24. The predicted molar refractivity (Wildman–Crippen MR) is 80.3 cm³/mol. The molecule has 120 valence electrons.